The van der Waals surface area contributed by atoms with Crippen LogP contribution in [0.3, 0.4) is 0 Å². The van der Waals surface area contributed by atoms with E-state index in [0.29, 0.717) is 28.3 Å². The maximum absolute atomic E-state index is 6.04. The van der Waals surface area contributed by atoms with Crippen LogP contribution in [-0.4, -0.2) is 24.7 Å². The molecule has 0 saturated carbocycles. The van der Waals surface area contributed by atoms with Crippen LogP contribution in [0.15, 0.2) is 6.07 Å². The lowest BCUT2D eigenvalue weighted by atomic mass is 10.2. The molecule has 0 amide bonds. The molecule has 1 heterocycles. The molecule has 4 N–H and O–H groups in total. The van der Waals surface area contributed by atoms with Crippen LogP contribution >= 0.6 is 23.2 Å². The second kappa shape index (κ2) is 6.86. The molecule has 1 atom stereocenters. The molecule has 0 radical (unpaired) electrons. The van der Waals surface area contributed by atoms with Crippen LogP contribution in [0.2, 0.25) is 10.0 Å². The molecule has 17 heavy (non-hydrogen) atoms. The van der Waals surface area contributed by atoms with Gasteiger partial charge in [0.05, 0.1) is 22.7 Å². The molecular formula is C10H16Cl2N4O. The normalized spacial score (nSPS) is 12.3. The Morgan fingerprint density at radius 2 is 2.06 bits per heavy atom. The Labute approximate surface area is 111 Å². The maximum atomic E-state index is 6.04. The lowest BCUT2D eigenvalue weighted by molar-refractivity contribution is 0.184. The monoisotopic (exact) mass is 278 g/mol. The molecule has 5 nitrogen and oxygen atoms in total. The van der Waals surface area contributed by atoms with Gasteiger partial charge in [0.1, 0.15) is 5.82 Å². The molecule has 0 saturated heterocycles. The first-order valence-corrected chi connectivity index (χ1v) is 5.96. The van der Waals surface area contributed by atoms with Crippen LogP contribution in [0.5, 0.6) is 0 Å². The fraction of sp³-hybridized carbons (Fsp3) is 0.500. The van der Waals surface area contributed by atoms with Gasteiger partial charge < -0.3 is 15.5 Å². The van der Waals surface area contributed by atoms with E-state index in [9.17, 15) is 0 Å². The van der Waals surface area contributed by atoms with E-state index in [1.165, 1.54) is 0 Å². The number of pyridine rings is 1. The van der Waals surface area contributed by atoms with Crippen LogP contribution in [0.4, 0.5) is 11.6 Å². The molecule has 0 spiro atoms. The Bertz CT molecular complexity index is 376. The number of hydrazine groups is 1. The highest BCUT2D eigenvalue weighted by Crippen LogP contribution is 2.29. The number of hydrogen-bond donors (Lipinski definition) is 3. The van der Waals surface area contributed by atoms with Crippen molar-refractivity contribution in [1.29, 1.82) is 0 Å². The summed E-state index contributed by atoms with van der Waals surface area (Å²) < 4.78 is 5.09. The Morgan fingerprint density at radius 1 is 1.41 bits per heavy atom. The van der Waals surface area contributed by atoms with E-state index in [1.807, 2.05) is 6.92 Å². The first-order valence-electron chi connectivity index (χ1n) is 5.20. The first-order chi connectivity index (χ1) is 8.12. The number of rotatable bonds is 6. The van der Waals surface area contributed by atoms with Crippen molar-refractivity contribution in [3.8, 4) is 0 Å². The Morgan fingerprint density at radius 3 is 2.59 bits per heavy atom. The summed E-state index contributed by atoms with van der Waals surface area (Å²) in [7, 11) is 1.65. The van der Waals surface area contributed by atoms with Crippen LogP contribution in [-0.2, 0) is 4.74 Å². The van der Waals surface area contributed by atoms with Gasteiger partial charge in [0.25, 0.3) is 0 Å². The van der Waals surface area contributed by atoms with Crippen molar-refractivity contribution in [2.45, 2.75) is 19.4 Å². The molecular weight excluding hydrogens is 263 g/mol. The highest BCUT2D eigenvalue weighted by atomic mass is 35.5. The molecule has 7 heteroatoms. The SMILES string of the molecule is CCC(COC)Nc1nc(NN)c(Cl)cc1Cl. The van der Waals surface area contributed by atoms with E-state index in [4.69, 9.17) is 33.8 Å². The van der Waals surface area contributed by atoms with Gasteiger partial charge in [-0.15, -0.1) is 0 Å². The van der Waals surface area contributed by atoms with Crippen molar-refractivity contribution in [3.05, 3.63) is 16.1 Å². The fourth-order valence-electron chi connectivity index (χ4n) is 1.33. The van der Waals surface area contributed by atoms with Crippen molar-refractivity contribution >= 4 is 34.8 Å². The van der Waals surface area contributed by atoms with Gasteiger partial charge >= 0.3 is 0 Å². The summed E-state index contributed by atoms with van der Waals surface area (Å²) >= 11 is 11.9. The number of nitrogens with two attached hydrogens (primary N) is 1. The summed E-state index contributed by atoms with van der Waals surface area (Å²) in [5.41, 5.74) is 2.41. The molecule has 1 unspecified atom stereocenters. The van der Waals surface area contributed by atoms with E-state index < -0.39 is 0 Å². The van der Waals surface area contributed by atoms with Gasteiger partial charge in [0.2, 0.25) is 0 Å². The number of methoxy groups -OCH3 is 1. The standard InChI is InChI=1S/C10H16Cl2N4O/c1-3-6(5-17-2)14-9-7(11)4-8(12)10(15-9)16-13/h4,6H,3,5,13H2,1-2H3,(H2,14,15,16). The van der Waals surface area contributed by atoms with Crippen LogP contribution < -0.4 is 16.6 Å². The zero-order chi connectivity index (χ0) is 12.8. The average molecular weight is 279 g/mol. The quantitative estimate of drug-likeness (QED) is 0.551. The highest BCUT2D eigenvalue weighted by molar-refractivity contribution is 6.37. The fourth-order valence-corrected chi connectivity index (χ4v) is 1.79. The average Bonchev–Trinajstić information content (AvgIpc) is 2.31. The van der Waals surface area contributed by atoms with E-state index in [1.54, 1.807) is 13.2 Å². The second-order valence-corrected chi connectivity index (χ2v) is 4.31. The maximum Gasteiger partial charge on any atom is 0.161 e. The summed E-state index contributed by atoms with van der Waals surface area (Å²) in [5.74, 6) is 6.21. The first kappa shape index (κ1) is 14.3. The number of aromatic nitrogens is 1. The molecule has 0 aliphatic rings. The largest absolute Gasteiger partial charge is 0.383 e. The molecule has 1 aromatic heterocycles. The van der Waals surface area contributed by atoms with Crippen LogP contribution in [0, 0.1) is 0 Å². The molecule has 1 rings (SSSR count). The number of nitrogens with one attached hydrogen (secondary N) is 2. The molecule has 0 aliphatic carbocycles. The van der Waals surface area contributed by atoms with Gasteiger partial charge in [-0.2, -0.15) is 0 Å². The number of nitrogens with zero attached hydrogens (tertiary/aromatic N) is 1. The zero-order valence-corrected chi connectivity index (χ0v) is 11.3. The molecule has 0 aliphatic heterocycles. The lowest BCUT2D eigenvalue weighted by Crippen LogP contribution is -2.25. The van der Waals surface area contributed by atoms with E-state index in [0.717, 1.165) is 6.42 Å². The van der Waals surface area contributed by atoms with Crippen molar-refractivity contribution in [2.24, 2.45) is 5.84 Å². The van der Waals surface area contributed by atoms with Gasteiger partial charge in [0, 0.05) is 7.11 Å². The van der Waals surface area contributed by atoms with Gasteiger partial charge in [-0.05, 0) is 12.5 Å². The Kier molecular flexibility index (Phi) is 5.77. The number of hydrogen-bond acceptors (Lipinski definition) is 5. The third kappa shape index (κ3) is 3.89. The lowest BCUT2D eigenvalue weighted by Gasteiger charge is -2.18. The van der Waals surface area contributed by atoms with E-state index >= 15 is 0 Å². The smallest absolute Gasteiger partial charge is 0.161 e. The summed E-state index contributed by atoms with van der Waals surface area (Å²) in [4.78, 5) is 4.19. The molecule has 0 aromatic carbocycles. The van der Waals surface area contributed by atoms with Gasteiger partial charge in [-0.3, -0.25) is 0 Å². The highest BCUT2D eigenvalue weighted by Gasteiger charge is 2.12. The predicted molar refractivity (Wildman–Crippen MR) is 71.6 cm³/mol. The number of nitrogen functional groups attached to an aromatic ring is 1. The predicted octanol–water partition coefficient (Wildman–Crippen LogP) is 2.51. The number of ether oxygens (including phenoxy) is 1. The molecule has 1 aromatic rings. The van der Waals surface area contributed by atoms with Crippen LogP contribution in [0.25, 0.3) is 0 Å². The molecule has 96 valence electrons. The van der Waals surface area contributed by atoms with Crippen molar-refractivity contribution < 1.29 is 4.74 Å². The zero-order valence-electron chi connectivity index (χ0n) is 9.76. The van der Waals surface area contributed by atoms with Crippen molar-refractivity contribution in [1.82, 2.24) is 4.98 Å². The van der Waals surface area contributed by atoms with E-state index in [2.05, 4.69) is 15.7 Å². The number of anilines is 2. The van der Waals surface area contributed by atoms with Crippen molar-refractivity contribution in [2.75, 3.05) is 24.5 Å². The molecule has 0 bridgehead atoms. The summed E-state index contributed by atoms with van der Waals surface area (Å²) in [6, 6.07) is 1.73. The summed E-state index contributed by atoms with van der Waals surface area (Å²) in [6.07, 6.45) is 0.889. The van der Waals surface area contributed by atoms with Gasteiger partial charge in [0.15, 0.2) is 5.82 Å². The minimum atomic E-state index is 0.136. The number of halogens is 2. The summed E-state index contributed by atoms with van der Waals surface area (Å²) in [6.45, 7) is 2.62. The van der Waals surface area contributed by atoms with Crippen molar-refractivity contribution in [3.63, 3.8) is 0 Å². The molecule has 0 fully saturated rings. The van der Waals surface area contributed by atoms with E-state index in [-0.39, 0.29) is 6.04 Å². The Hall–Kier alpha value is -0.750. The third-order valence-electron chi connectivity index (χ3n) is 2.27. The minimum absolute atomic E-state index is 0.136. The Balaban J connectivity index is 2.89. The van der Waals surface area contributed by atoms with Crippen LogP contribution in [0.1, 0.15) is 13.3 Å². The second-order valence-electron chi connectivity index (χ2n) is 3.50. The minimum Gasteiger partial charge on any atom is -0.383 e. The van der Waals surface area contributed by atoms with Gasteiger partial charge in [-0.1, -0.05) is 30.1 Å². The third-order valence-corrected chi connectivity index (χ3v) is 2.84. The van der Waals surface area contributed by atoms with Gasteiger partial charge in [-0.25, -0.2) is 10.8 Å². The summed E-state index contributed by atoms with van der Waals surface area (Å²) in [5, 5.41) is 4.00. The topological polar surface area (TPSA) is 72.2 Å².